The summed E-state index contributed by atoms with van der Waals surface area (Å²) < 4.78 is 18.6. The summed E-state index contributed by atoms with van der Waals surface area (Å²) in [5.41, 5.74) is 1.06. The highest BCUT2D eigenvalue weighted by atomic mass is 35.5. The van der Waals surface area contributed by atoms with Crippen molar-refractivity contribution in [2.45, 2.75) is 25.3 Å². The van der Waals surface area contributed by atoms with Gasteiger partial charge < -0.3 is 10.1 Å². The lowest BCUT2D eigenvalue weighted by atomic mass is 9.89. The fraction of sp³-hybridized carbons (Fsp3) is 0.571. The molecule has 0 aromatic heterocycles. The zero-order chi connectivity index (χ0) is 13.0. The van der Waals surface area contributed by atoms with Gasteiger partial charge in [-0.1, -0.05) is 17.7 Å². The van der Waals surface area contributed by atoms with E-state index >= 15 is 0 Å². The third kappa shape index (κ3) is 3.44. The lowest BCUT2D eigenvalue weighted by Gasteiger charge is -2.30. The summed E-state index contributed by atoms with van der Waals surface area (Å²) in [6, 6.07) is 5.30. The van der Waals surface area contributed by atoms with Crippen LogP contribution in [0.15, 0.2) is 18.2 Å². The molecular formula is C14H19ClFNO. The van der Waals surface area contributed by atoms with Gasteiger partial charge in [-0.05, 0) is 49.9 Å². The van der Waals surface area contributed by atoms with Gasteiger partial charge in [-0.25, -0.2) is 4.39 Å². The van der Waals surface area contributed by atoms with Gasteiger partial charge in [0.15, 0.2) is 0 Å². The van der Waals surface area contributed by atoms with Gasteiger partial charge in [0.2, 0.25) is 0 Å². The van der Waals surface area contributed by atoms with E-state index in [0.29, 0.717) is 12.0 Å². The molecule has 1 heterocycles. The Labute approximate surface area is 112 Å². The Hall–Kier alpha value is -0.640. The predicted molar refractivity (Wildman–Crippen MR) is 71.5 cm³/mol. The van der Waals surface area contributed by atoms with Crippen LogP contribution in [-0.2, 0) is 11.2 Å². The summed E-state index contributed by atoms with van der Waals surface area (Å²) in [6.07, 6.45) is 3.15. The van der Waals surface area contributed by atoms with Crippen molar-refractivity contribution in [1.82, 2.24) is 5.32 Å². The molecule has 0 spiro atoms. The SMILES string of the molecule is CNC(Cc1ccc(F)c(Cl)c1)C1CCCOC1. The molecule has 1 saturated heterocycles. The Morgan fingerprint density at radius 2 is 2.39 bits per heavy atom. The van der Waals surface area contributed by atoms with Crippen LogP contribution in [0.2, 0.25) is 5.02 Å². The molecule has 0 saturated carbocycles. The number of halogens is 2. The van der Waals surface area contributed by atoms with E-state index in [4.69, 9.17) is 16.3 Å². The highest BCUT2D eigenvalue weighted by Crippen LogP contribution is 2.22. The van der Waals surface area contributed by atoms with Crippen LogP contribution < -0.4 is 5.32 Å². The van der Waals surface area contributed by atoms with Crippen molar-refractivity contribution < 1.29 is 9.13 Å². The number of nitrogens with one attached hydrogen (secondary N) is 1. The minimum atomic E-state index is -0.359. The van der Waals surface area contributed by atoms with Gasteiger partial charge in [-0.15, -0.1) is 0 Å². The number of benzene rings is 1. The predicted octanol–water partition coefficient (Wildman–Crippen LogP) is 3.04. The molecule has 100 valence electrons. The second kappa shape index (κ2) is 6.50. The van der Waals surface area contributed by atoms with Crippen LogP contribution in [0.1, 0.15) is 18.4 Å². The van der Waals surface area contributed by atoms with Crippen LogP contribution in [0.5, 0.6) is 0 Å². The van der Waals surface area contributed by atoms with Gasteiger partial charge in [-0.2, -0.15) is 0 Å². The van der Waals surface area contributed by atoms with Crippen molar-refractivity contribution in [1.29, 1.82) is 0 Å². The van der Waals surface area contributed by atoms with Gasteiger partial charge in [0.25, 0.3) is 0 Å². The maximum Gasteiger partial charge on any atom is 0.141 e. The van der Waals surface area contributed by atoms with Crippen molar-refractivity contribution >= 4 is 11.6 Å². The molecule has 0 bridgehead atoms. The first kappa shape index (κ1) is 13.8. The zero-order valence-electron chi connectivity index (χ0n) is 10.6. The average molecular weight is 272 g/mol. The first-order valence-corrected chi connectivity index (χ1v) is 6.77. The molecule has 2 rings (SSSR count). The molecule has 2 atom stereocenters. The van der Waals surface area contributed by atoms with Crippen LogP contribution in [0.25, 0.3) is 0 Å². The summed E-state index contributed by atoms with van der Waals surface area (Å²) >= 11 is 5.81. The summed E-state index contributed by atoms with van der Waals surface area (Å²) in [7, 11) is 1.96. The fourth-order valence-corrected chi connectivity index (χ4v) is 2.71. The molecule has 18 heavy (non-hydrogen) atoms. The van der Waals surface area contributed by atoms with Gasteiger partial charge in [0, 0.05) is 12.6 Å². The van der Waals surface area contributed by atoms with E-state index < -0.39 is 0 Å². The number of likely N-dealkylation sites (N-methyl/N-ethyl adjacent to an activating group) is 1. The molecule has 1 fully saturated rings. The van der Waals surface area contributed by atoms with Gasteiger partial charge in [0.1, 0.15) is 5.82 Å². The van der Waals surface area contributed by atoms with Crippen LogP contribution >= 0.6 is 11.6 Å². The van der Waals surface area contributed by atoms with Gasteiger partial charge in [-0.3, -0.25) is 0 Å². The Morgan fingerprint density at radius 3 is 3.00 bits per heavy atom. The largest absolute Gasteiger partial charge is 0.381 e. The van der Waals surface area contributed by atoms with Gasteiger partial charge >= 0.3 is 0 Å². The molecule has 1 aliphatic rings. The lowest BCUT2D eigenvalue weighted by Crippen LogP contribution is -2.39. The van der Waals surface area contributed by atoms with Crippen LogP contribution in [0.4, 0.5) is 4.39 Å². The molecule has 0 amide bonds. The second-order valence-electron chi connectivity index (χ2n) is 4.82. The second-order valence-corrected chi connectivity index (χ2v) is 5.23. The summed E-state index contributed by atoms with van der Waals surface area (Å²) in [4.78, 5) is 0. The first-order valence-electron chi connectivity index (χ1n) is 6.39. The molecule has 0 radical (unpaired) electrons. The zero-order valence-corrected chi connectivity index (χ0v) is 11.3. The van der Waals surface area contributed by atoms with E-state index in [1.54, 1.807) is 12.1 Å². The van der Waals surface area contributed by atoms with Crippen LogP contribution in [-0.4, -0.2) is 26.3 Å². The van der Waals surface area contributed by atoms with Crippen molar-refractivity contribution in [3.05, 3.63) is 34.6 Å². The van der Waals surface area contributed by atoms with Crippen molar-refractivity contribution in [3.8, 4) is 0 Å². The standard InChI is InChI=1S/C14H19ClFNO/c1-17-14(11-3-2-6-18-9-11)8-10-4-5-13(16)12(15)7-10/h4-5,7,11,14,17H,2-3,6,8-9H2,1H3. The number of ether oxygens (including phenoxy) is 1. The van der Waals surface area contributed by atoms with Crippen molar-refractivity contribution in [2.75, 3.05) is 20.3 Å². The normalized spacial score (nSPS) is 21.8. The highest BCUT2D eigenvalue weighted by molar-refractivity contribution is 6.30. The molecule has 1 N–H and O–H groups in total. The monoisotopic (exact) mass is 271 g/mol. The first-order chi connectivity index (χ1) is 8.70. The van der Waals surface area contributed by atoms with Crippen molar-refractivity contribution in [3.63, 3.8) is 0 Å². The fourth-order valence-electron chi connectivity index (χ4n) is 2.51. The quantitative estimate of drug-likeness (QED) is 0.909. The maximum absolute atomic E-state index is 13.1. The number of rotatable bonds is 4. The minimum absolute atomic E-state index is 0.197. The third-order valence-electron chi connectivity index (χ3n) is 3.57. The minimum Gasteiger partial charge on any atom is -0.381 e. The highest BCUT2D eigenvalue weighted by Gasteiger charge is 2.23. The Morgan fingerprint density at radius 1 is 1.56 bits per heavy atom. The molecule has 1 aromatic rings. The summed E-state index contributed by atoms with van der Waals surface area (Å²) in [5, 5.41) is 3.53. The number of hydrogen-bond donors (Lipinski definition) is 1. The van der Waals surface area contributed by atoms with Crippen LogP contribution in [0, 0.1) is 11.7 Å². The molecule has 0 aliphatic carbocycles. The van der Waals surface area contributed by atoms with E-state index in [-0.39, 0.29) is 10.8 Å². The van der Waals surface area contributed by atoms with E-state index in [1.165, 1.54) is 12.5 Å². The molecular weight excluding hydrogens is 253 g/mol. The molecule has 2 nitrogen and oxygen atoms in total. The third-order valence-corrected chi connectivity index (χ3v) is 3.86. The molecule has 1 aromatic carbocycles. The van der Waals surface area contributed by atoms with Gasteiger partial charge in [0.05, 0.1) is 11.6 Å². The van der Waals surface area contributed by atoms with E-state index in [2.05, 4.69) is 5.32 Å². The smallest absolute Gasteiger partial charge is 0.141 e. The molecule has 4 heteroatoms. The van der Waals surface area contributed by atoms with E-state index in [9.17, 15) is 4.39 Å². The lowest BCUT2D eigenvalue weighted by molar-refractivity contribution is 0.0405. The average Bonchev–Trinajstić information content (AvgIpc) is 2.41. The molecule has 1 aliphatic heterocycles. The summed E-state index contributed by atoms with van der Waals surface area (Å²) in [5.74, 6) is 0.162. The maximum atomic E-state index is 13.1. The number of hydrogen-bond acceptors (Lipinski definition) is 2. The van der Waals surface area contributed by atoms with E-state index in [1.807, 2.05) is 7.05 Å². The molecule has 2 unspecified atom stereocenters. The Bertz CT molecular complexity index is 393. The Kier molecular flexibility index (Phi) is 4.98. The summed E-state index contributed by atoms with van der Waals surface area (Å²) in [6.45, 7) is 1.68. The van der Waals surface area contributed by atoms with E-state index in [0.717, 1.165) is 31.6 Å². The topological polar surface area (TPSA) is 21.3 Å². The van der Waals surface area contributed by atoms with Crippen molar-refractivity contribution in [2.24, 2.45) is 5.92 Å². The van der Waals surface area contributed by atoms with Crippen LogP contribution in [0.3, 0.4) is 0 Å². The Balaban J connectivity index is 2.02.